The molecule has 0 amide bonds. The second-order valence-corrected chi connectivity index (χ2v) is 6.36. The van der Waals surface area contributed by atoms with Gasteiger partial charge in [-0.3, -0.25) is 4.90 Å². The quantitative estimate of drug-likeness (QED) is 0.930. The zero-order valence-electron chi connectivity index (χ0n) is 10.7. The summed E-state index contributed by atoms with van der Waals surface area (Å²) in [5.41, 5.74) is 0. The summed E-state index contributed by atoms with van der Waals surface area (Å²) in [6.45, 7) is 4.58. The highest BCUT2D eigenvalue weighted by molar-refractivity contribution is 9.10. The van der Waals surface area contributed by atoms with Gasteiger partial charge in [0.25, 0.3) is 0 Å². The predicted molar refractivity (Wildman–Crippen MR) is 75.4 cm³/mol. The van der Waals surface area contributed by atoms with Crippen molar-refractivity contribution in [2.75, 3.05) is 19.6 Å². The molecule has 3 rings (SSSR count). The largest absolute Gasteiger partial charge is 0.467 e. The molecule has 18 heavy (non-hydrogen) atoms. The molecule has 2 fully saturated rings. The molecule has 4 heteroatoms. The lowest BCUT2D eigenvalue weighted by Crippen LogP contribution is -2.40. The number of halogens is 1. The number of nitrogens with zero attached hydrogens (tertiary/aromatic N) is 1. The molecule has 0 aliphatic carbocycles. The molecule has 0 bridgehead atoms. The fraction of sp³-hybridized carbons (Fsp3) is 0.714. The predicted octanol–water partition coefficient (Wildman–Crippen LogP) is 3.01. The number of nitrogens with one attached hydrogen (secondary N) is 1. The Morgan fingerprint density at radius 1 is 1.33 bits per heavy atom. The van der Waals surface area contributed by atoms with E-state index in [1.54, 1.807) is 6.26 Å². The Morgan fingerprint density at radius 2 is 2.17 bits per heavy atom. The van der Waals surface area contributed by atoms with Crippen LogP contribution in [0, 0.1) is 5.92 Å². The third kappa shape index (κ3) is 2.81. The average Bonchev–Trinajstić information content (AvgIpc) is 3.03. The molecular formula is C14H21BrN2O. The first kappa shape index (κ1) is 12.7. The minimum atomic E-state index is 0.794. The number of piperidine rings is 1. The van der Waals surface area contributed by atoms with Gasteiger partial charge in [-0.05, 0) is 73.2 Å². The van der Waals surface area contributed by atoms with E-state index < -0.39 is 0 Å². The standard InChI is InChI=1S/C14H21BrN2O/c15-12-5-9-18-14(12)10-17-7-3-11(4-8-17)13-2-1-6-16-13/h5,9,11,13,16H,1-4,6-8,10H2. The van der Waals surface area contributed by atoms with Crippen LogP contribution in [0.4, 0.5) is 0 Å². The van der Waals surface area contributed by atoms with Gasteiger partial charge in [-0.15, -0.1) is 0 Å². The molecule has 1 aromatic rings. The summed E-state index contributed by atoms with van der Waals surface area (Å²) in [4.78, 5) is 2.51. The van der Waals surface area contributed by atoms with E-state index in [4.69, 9.17) is 4.42 Å². The van der Waals surface area contributed by atoms with Crippen LogP contribution in [0.15, 0.2) is 21.2 Å². The third-order valence-corrected chi connectivity index (χ3v) is 5.06. The molecule has 3 nitrogen and oxygen atoms in total. The van der Waals surface area contributed by atoms with Gasteiger partial charge < -0.3 is 9.73 Å². The zero-order valence-corrected chi connectivity index (χ0v) is 12.3. The van der Waals surface area contributed by atoms with Gasteiger partial charge in [-0.25, -0.2) is 0 Å². The first-order valence-corrected chi connectivity index (χ1v) is 7.80. The smallest absolute Gasteiger partial charge is 0.131 e. The van der Waals surface area contributed by atoms with Crippen molar-refractivity contribution < 1.29 is 4.42 Å². The molecule has 0 aromatic carbocycles. The zero-order chi connectivity index (χ0) is 12.4. The minimum absolute atomic E-state index is 0.794. The van der Waals surface area contributed by atoms with Crippen LogP contribution in [0.1, 0.15) is 31.4 Å². The molecule has 2 saturated heterocycles. The van der Waals surface area contributed by atoms with Crippen LogP contribution in [-0.2, 0) is 6.54 Å². The molecule has 1 N–H and O–H groups in total. The van der Waals surface area contributed by atoms with Gasteiger partial charge in [0.1, 0.15) is 5.76 Å². The Bertz CT molecular complexity index is 379. The molecule has 3 heterocycles. The lowest BCUT2D eigenvalue weighted by atomic mass is 9.88. The maximum Gasteiger partial charge on any atom is 0.131 e. The van der Waals surface area contributed by atoms with Gasteiger partial charge in [0.2, 0.25) is 0 Å². The number of hydrogen-bond donors (Lipinski definition) is 1. The summed E-state index contributed by atoms with van der Waals surface area (Å²) >= 11 is 3.53. The van der Waals surface area contributed by atoms with Crippen LogP contribution in [0.5, 0.6) is 0 Å². The Morgan fingerprint density at radius 3 is 2.78 bits per heavy atom. The van der Waals surface area contributed by atoms with Crippen molar-refractivity contribution in [3.05, 3.63) is 22.6 Å². The van der Waals surface area contributed by atoms with Crippen molar-refractivity contribution in [1.82, 2.24) is 10.2 Å². The maximum absolute atomic E-state index is 5.49. The molecule has 2 aliphatic rings. The number of furan rings is 1. The summed E-state index contributed by atoms with van der Waals surface area (Å²) in [5.74, 6) is 1.95. The molecule has 0 radical (unpaired) electrons. The van der Waals surface area contributed by atoms with Gasteiger partial charge in [-0.2, -0.15) is 0 Å². The van der Waals surface area contributed by atoms with Crippen LogP contribution >= 0.6 is 15.9 Å². The van der Waals surface area contributed by atoms with Gasteiger partial charge in [0.15, 0.2) is 0 Å². The Kier molecular flexibility index (Phi) is 4.07. The summed E-state index contributed by atoms with van der Waals surface area (Å²) in [5, 5.41) is 3.65. The molecule has 2 aliphatic heterocycles. The second kappa shape index (κ2) is 5.76. The Labute approximate surface area is 117 Å². The van der Waals surface area contributed by atoms with E-state index in [9.17, 15) is 0 Å². The van der Waals surface area contributed by atoms with Crippen LogP contribution < -0.4 is 5.32 Å². The molecular weight excluding hydrogens is 292 g/mol. The average molecular weight is 313 g/mol. The first-order valence-electron chi connectivity index (χ1n) is 7.00. The van der Waals surface area contributed by atoms with E-state index in [0.29, 0.717) is 0 Å². The van der Waals surface area contributed by atoms with Crippen molar-refractivity contribution in [2.45, 2.75) is 38.3 Å². The van der Waals surface area contributed by atoms with Crippen molar-refractivity contribution in [3.63, 3.8) is 0 Å². The van der Waals surface area contributed by atoms with Crippen molar-refractivity contribution >= 4 is 15.9 Å². The van der Waals surface area contributed by atoms with Gasteiger partial charge >= 0.3 is 0 Å². The molecule has 1 aromatic heterocycles. The third-order valence-electron chi connectivity index (χ3n) is 4.36. The van der Waals surface area contributed by atoms with Crippen LogP contribution in [-0.4, -0.2) is 30.6 Å². The monoisotopic (exact) mass is 312 g/mol. The molecule has 0 spiro atoms. The maximum atomic E-state index is 5.49. The fourth-order valence-corrected chi connectivity index (χ4v) is 3.60. The van der Waals surface area contributed by atoms with Crippen molar-refractivity contribution in [3.8, 4) is 0 Å². The van der Waals surface area contributed by atoms with E-state index in [-0.39, 0.29) is 0 Å². The normalized spacial score (nSPS) is 26.8. The van der Waals surface area contributed by atoms with Gasteiger partial charge in [0, 0.05) is 6.04 Å². The van der Waals surface area contributed by atoms with Gasteiger partial charge in [0.05, 0.1) is 17.3 Å². The summed E-state index contributed by atoms with van der Waals surface area (Å²) in [7, 11) is 0. The van der Waals surface area contributed by atoms with E-state index >= 15 is 0 Å². The minimum Gasteiger partial charge on any atom is -0.467 e. The first-order chi connectivity index (χ1) is 8.83. The van der Waals surface area contributed by atoms with Gasteiger partial charge in [-0.1, -0.05) is 0 Å². The lowest BCUT2D eigenvalue weighted by Gasteiger charge is -2.34. The van der Waals surface area contributed by atoms with E-state index in [1.807, 2.05) is 6.07 Å². The second-order valence-electron chi connectivity index (χ2n) is 5.51. The van der Waals surface area contributed by atoms with Crippen molar-refractivity contribution in [2.24, 2.45) is 5.92 Å². The molecule has 0 saturated carbocycles. The summed E-state index contributed by atoms with van der Waals surface area (Å²) in [6.07, 6.45) is 7.17. The Hall–Kier alpha value is -0.320. The lowest BCUT2D eigenvalue weighted by molar-refractivity contribution is 0.148. The number of hydrogen-bond acceptors (Lipinski definition) is 3. The highest BCUT2D eigenvalue weighted by Gasteiger charge is 2.28. The number of rotatable bonds is 3. The summed E-state index contributed by atoms with van der Waals surface area (Å²) < 4.78 is 6.59. The highest BCUT2D eigenvalue weighted by atomic mass is 79.9. The highest BCUT2D eigenvalue weighted by Crippen LogP contribution is 2.27. The van der Waals surface area contributed by atoms with E-state index in [2.05, 4.69) is 26.1 Å². The Balaban J connectivity index is 1.49. The molecule has 1 atom stereocenters. The van der Waals surface area contributed by atoms with E-state index in [0.717, 1.165) is 28.7 Å². The van der Waals surface area contributed by atoms with Crippen LogP contribution in [0.2, 0.25) is 0 Å². The summed E-state index contributed by atoms with van der Waals surface area (Å²) in [6, 6.07) is 2.77. The molecule has 1 unspecified atom stereocenters. The van der Waals surface area contributed by atoms with E-state index in [1.165, 1.54) is 45.3 Å². The number of likely N-dealkylation sites (tertiary alicyclic amines) is 1. The van der Waals surface area contributed by atoms with Crippen molar-refractivity contribution in [1.29, 1.82) is 0 Å². The van der Waals surface area contributed by atoms with Crippen LogP contribution in [0.25, 0.3) is 0 Å². The SMILES string of the molecule is Brc1ccoc1CN1CCC(C2CCCN2)CC1. The molecule has 100 valence electrons. The fourth-order valence-electron chi connectivity index (χ4n) is 3.27. The topological polar surface area (TPSA) is 28.4 Å². The van der Waals surface area contributed by atoms with Crippen LogP contribution in [0.3, 0.4) is 0 Å².